The van der Waals surface area contributed by atoms with Crippen molar-refractivity contribution >= 4 is 16.9 Å². The zero-order chi connectivity index (χ0) is 15.5. The topological polar surface area (TPSA) is 46.9 Å². The molecule has 4 nitrogen and oxygen atoms in total. The van der Waals surface area contributed by atoms with Crippen LogP contribution in [-0.2, 0) is 13.5 Å². The summed E-state index contributed by atoms with van der Waals surface area (Å²) >= 11 is 0. The van der Waals surface area contributed by atoms with Crippen LogP contribution >= 0.6 is 0 Å². The van der Waals surface area contributed by atoms with E-state index in [1.54, 1.807) is 12.3 Å². The van der Waals surface area contributed by atoms with Gasteiger partial charge in [-0.15, -0.1) is 0 Å². The van der Waals surface area contributed by atoms with Gasteiger partial charge in [0.2, 0.25) is 0 Å². The second-order valence-corrected chi connectivity index (χ2v) is 5.16. The maximum Gasteiger partial charge on any atom is 0.251 e. The summed E-state index contributed by atoms with van der Waals surface area (Å²) in [7, 11) is 1.95. The molecule has 112 valence electrons. The summed E-state index contributed by atoms with van der Waals surface area (Å²) in [5, 5.41) is 3.90. The summed E-state index contributed by atoms with van der Waals surface area (Å²) in [6.45, 7) is 0.489. The van der Waals surface area contributed by atoms with Crippen molar-refractivity contribution in [2.45, 2.75) is 6.42 Å². The third-order valence-electron chi connectivity index (χ3n) is 3.58. The van der Waals surface area contributed by atoms with Crippen LogP contribution in [-0.4, -0.2) is 22.0 Å². The normalized spacial score (nSPS) is 10.8. The molecular formula is C17H16FN3O. The Morgan fingerprint density at radius 3 is 3.00 bits per heavy atom. The molecule has 1 amide bonds. The second kappa shape index (κ2) is 5.97. The minimum absolute atomic E-state index is 0.266. The van der Waals surface area contributed by atoms with Crippen molar-refractivity contribution in [3.05, 3.63) is 65.7 Å². The number of hydrogen-bond donors (Lipinski definition) is 1. The summed E-state index contributed by atoms with van der Waals surface area (Å²) in [6, 6.07) is 9.60. The van der Waals surface area contributed by atoms with Crippen molar-refractivity contribution in [1.29, 1.82) is 0 Å². The Bertz CT molecular complexity index is 826. The first-order valence-corrected chi connectivity index (χ1v) is 7.08. The summed E-state index contributed by atoms with van der Waals surface area (Å²) in [6.07, 6.45) is 4.48. The molecule has 3 aromatic rings. The van der Waals surface area contributed by atoms with Gasteiger partial charge in [0.25, 0.3) is 5.91 Å². The number of amides is 1. The van der Waals surface area contributed by atoms with Gasteiger partial charge in [-0.2, -0.15) is 0 Å². The number of rotatable bonds is 4. The number of carbonyl (C=O) groups is 1. The van der Waals surface area contributed by atoms with Crippen LogP contribution in [0.1, 0.15) is 15.9 Å². The molecule has 2 heterocycles. The SMILES string of the molecule is Cn1cc(CCNC(=O)c2cccc(F)c2)c2cccnc21. The maximum absolute atomic E-state index is 13.1. The van der Waals surface area contributed by atoms with E-state index in [1.165, 1.54) is 18.2 Å². The average molecular weight is 297 g/mol. The summed E-state index contributed by atoms with van der Waals surface area (Å²) in [5.41, 5.74) is 2.39. The fourth-order valence-corrected chi connectivity index (χ4v) is 2.53. The summed E-state index contributed by atoms with van der Waals surface area (Å²) in [4.78, 5) is 16.3. The molecule has 0 atom stereocenters. The first-order chi connectivity index (χ1) is 10.6. The lowest BCUT2D eigenvalue weighted by molar-refractivity contribution is 0.0953. The van der Waals surface area contributed by atoms with Crippen molar-refractivity contribution in [3.63, 3.8) is 0 Å². The van der Waals surface area contributed by atoms with Gasteiger partial charge in [-0.1, -0.05) is 6.07 Å². The largest absolute Gasteiger partial charge is 0.352 e. The minimum Gasteiger partial charge on any atom is -0.352 e. The van der Waals surface area contributed by atoms with Gasteiger partial charge in [-0.05, 0) is 42.3 Å². The fraction of sp³-hybridized carbons (Fsp3) is 0.176. The Morgan fingerprint density at radius 2 is 2.18 bits per heavy atom. The highest BCUT2D eigenvalue weighted by atomic mass is 19.1. The highest BCUT2D eigenvalue weighted by Gasteiger charge is 2.09. The van der Waals surface area contributed by atoms with E-state index in [2.05, 4.69) is 10.3 Å². The van der Waals surface area contributed by atoms with E-state index >= 15 is 0 Å². The zero-order valence-corrected chi connectivity index (χ0v) is 12.2. The average Bonchev–Trinajstić information content (AvgIpc) is 2.84. The predicted molar refractivity (Wildman–Crippen MR) is 83.2 cm³/mol. The number of benzene rings is 1. The van der Waals surface area contributed by atoms with Gasteiger partial charge in [-0.25, -0.2) is 9.37 Å². The fourth-order valence-electron chi connectivity index (χ4n) is 2.53. The number of aromatic nitrogens is 2. The second-order valence-electron chi connectivity index (χ2n) is 5.16. The lowest BCUT2D eigenvalue weighted by Crippen LogP contribution is -2.25. The van der Waals surface area contributed by atoms with Gasteiger partial charge in [-0.3, -0.25) is 4.79 Å². The van der Waals surface area contributed by atoms with E-state index < -0.39 is 5.82 Å². The van der Waals surface area contributed by atoms with Crippen LogP contribution in [0.25, 0.3) is 11.0 Å². The molecule has 0 bridgehead atoms. The predicted octanol–water partition coefficient (Wildman–Crippen LogP) is 2.68. The lowest BCUT2D eigenvalue weighted by Gasteiger charge is -2.05. The molecule has 0 radical (unpaired) electrons. The molecule has 1 aromatic carbocycles. The van der Waals surface area contributed by atoms with Crippen LogP contribution in [0.2, 0.25) is 0 Å². The highest BCUT2D eigenvalue weighted by molar-refractivity contribution is 5.94. The third-order valence-corrected chi connectivity index (χ3v) is 3.58. The van der Waals surface area contributed by atoms with Gasteiger partial charge < -0.3 is 9.88 Å². The Labute approximate surface area is 127 Å². The number of hydrogen-bond acceptors (Lipinski definition) is 2. The van der Waals surface area contributed by atoms with Crippen molar-refractivity contribution in [3.8, 4) is 0 Å². The molecule has 0 saturated heterocycles. The molecule has 5 heteroatoms. The van der Waals surface area contributed by atoms with E-state index in [1.807, 2.05) is 29.9 Å². The molecule has 3 rings (SSSR count). The molecule has 0 aliphatic rings. The number of nitrogens with zero attached hydrogens (tertiary/aromatic N) is 2. The van der Waals surface area contributed by atoms with Crippen molar-refractivity contribution in [1.82, 2.24) is 14.9 Å². The van der Waals surface area contributed by atoms with Gasteiger partial charge in [0, 0.05) is 36.9 Å². The number of fused-ring (bicyclic) bond motifs is 1. The van der Waals surface area contributed by atoms with Gasteiger partial charge >= 0.3 is 0 Å². The van der Waals surface area contributed by atoms with Crippen molar-refractivity contribution < 1.29 is 9.18 Å². The number of pyridine rings is 1. The molecule has 1 N–H and O–H groups in total. The number of aryl methyl sites for hydroxylation is 1. The Balaban J connectivity index is 1.66. The molecule has 0 unspecified atom stereocenters. The standard InChI is InChI=1S/C17H16FN3O/c1-21-11-13(15-6-3-8-19-16(15)21)7-9-20-17(22)12-4-2-5-14(18)10-12/h2-6,8,10-11H,7,9H2,1H3,(H,20,22). The zero-order valence-electron chi connectivity index (χ0n) is 12.2. The van der Waals surface area contributed by atoms with Gasteiger partial charge in [0.05, 0.1) is 0 Å². The molecule has 22 heavy (non-hydrogen) atoms. The van der Waals surface area contributed by atoms with E-state index in [9.17, 15) is 9.18 Å². The molecule has 2 aromatic heterocycles. The van der Waals surface area contributed by atoms with Crippen LogP contribution in [0.3, 0.4) is 0 Å². The first kappa shape index (κ1) is 14.3. The quantitative estimate of drug-likeness (QED) is 0.805. The molecule has 0 saturated carbocycles. The van der Waals surface area contributed by atoms with E-state index in [4.69, 9.17) is 0 Å². The lowest BCUT2D eigenvalue weighted by atomic mass is 10.1. The molecule has 0 spiro atoms. The molecular weight excluding hydrogens is 281 g/mol. The van der Waals surface area contributed by atoms with Crippen LogP contribution in [0.4, 0.5) is 4.39 Å². The van der Waals surface area contributed by atoms with Crippen LogP contribution in [0.15, 0.2) is 48.8 Å². The Morgan fingerprint density at radius 1 is 1.32 bits per heavy atom. The Hall–Kier alpha value is -2.69. The highest BCUT2D eigenvalue weighted by Crippen LogP contribution is 2.18. The number of carbonyl (C=O) groups excluding carboxylic acids is 1. The van der Waals surface area contributed by atoms with Crippen LogP contribution < -0.4 is 5.32 Å². The monoisotopic (exact) mass is 297 g/mol. The summed E-state index contributed by atoms with van der Waals surface area (Å²) in [5.74, 6) is -0.675. The van der Waals surface area contributed by atoms with Gasteiger partial charge in [0.15, 0.2) is 0 Å². The molecule has 0 aliphatic heterocycles. The van der Waals surface area contributed by atoms with Crippen molar-refractivity contribution in [2.24, 2.45) is 7.05 Å². The van der Waals surface area contributed by atoms with E-state index in [0.29, 0.717) is 18.5 Å². The molecule has 0 aliphatic carbocycles. The number of halogens is 1. The smallest absolute Gasteiger partial charge is 0.251 e. The van der Waals surface area contributed by atoms with Crippen molar-refractivity contribution in [2.75, 3.05) is 6.54 Å². The van der Waals surface area contributed by atoms with E-state index in [0.717, 1.165) is 16.6 Å². The third kappa shape index (κ3) is 2.83. The number of nitrogens with one attached hydrogen (secondary N) is 1. The molecule has 0 fully saturated rings. The Kier molecular flexibility index (Phi) is 3.87. The van der Waals surface area contributed by atoms with Crippen LogP contribution in [0, 0.1) is 5.82 Å². The minimum atomic E-state index is -0.409. The maximum atomic E-state index is 13.1. The van der Waals surface area contributed by atoms with Gasteiger partial charge in [0.1, 0.15) is 11.5 Å². The summed E-state index contributed by atoms with van der Waals surface area (Å²) < 4.78 is 15.1. The first-order valence-electron chi connectivity index (χ1n) is 7.08. The van der Waals surface area contributed by atoms with E-state index in [-0.39, 0.29) is 5.91 Å². The van der Waals surface area contributed by atoms with Crippen LogP contribution in [0.5, 0.6) is 0 Å².